The van der Waals surface area contributed by atoms with Gasteiger partial charge in [-0.2, -0.15) is 0 Å². The van der Waals surface area contributed by atoms with Gasteiger partial charge in [-0.25, -0.2) is 4.79 Å². The number of carbonyl (C=O) groups excluding carboxylic acids is 2. The van der Waals surface area contributed by atoms with Crippen LogP contribution in [0.2, 0.25) is 0 Å². The number of carbonyl (C=O) groups is 2. The van der Waals surface area contributed by atoms with Crippen molar-refractivity contribution < 1.29 is 14.3 Å². The van der Waals surface area contributed by atoms with Crippen molar-refractivity contribution in [3.8, 4) is 5.75 Å². The van der Waals surface area contributed by atoms with Crippen LogP contribution < -0.4 is 4.74 Å². The maximum atomic E-state index is 12.9. The molecule has 154 valence electrons. The number of rotatable bonds is 4. The maximum Gasteiger partial charge on any atom is 0.344 e. The Labute approximate surface area is 199 Å². The second-order valence-corrected chi connectivity index (χ2v) is 10.1. The van der Waals surface area contributed by atoms with E-state index in [0.29, 0.717) is 20.5 Å². The van der Waals surface area contributed by atoms with Gasteiger partial charge in [0.05, 0.1) is 10.5 Å². The van der Waals surface area contributed by atoms with E-state index in [1.54, 1.807) is 18.2 Å². The zero-order valence-corrected chi connectivity index (χ0v) is 20.0. The summed E-state index contributed by atoms with van der Waals surface area (Å²) in [6, 6.07) is 14.7. The zero-order chi connectivity index (χ0) is 21.1. The predicted molar refractivity (Wildman–Crippen MR) is 132 cm³/mol. The zero-order valence-electron chi connectivity index (χ0n) is 16.2. The highest BCUT2D eigenvalue weighted by Crippen LogP contribution is 2.37. The average Bonchev–Trinajstić information content (AvgIpc) is 3.03. The summed E-state index contributed by atoms with van der Waals surface area (Å²) in [5.74, 6) is 0.0821. The standard InChI is InChI=1S/C23H20INO3S2/c24-19-9-5-4-8-18(19)22(27)28-17-12-10-15(11-13-17)14-20-21(26)25(23(29)30-20)16-6-2-1-3-7-16/h4-5,8-14,16H,1-3,6-7H2/b20-14+. The summed E-state index contributed by atoms with van der Waals surface area (Å²) in [7, 11) is 0. The Morgan fingerprint density at radius 1 is 1.10 bits per heavy atom. The first-order valence-electron chi connectivity index (χ1n) is 9.87. The smallest absolute Gasteiger partial charge is 0.344 e. The van der Waals surface area contributed by atoms with Crippen LogP contribution in [0.1, 0.15) is 48.0 Å². The lowest BCUT2D eigenvalue weighted by atomic mass is 9.94. The van der Waals surface area contributed by atoms with Crippen LogP contribution in [-0.4, -0.2) is 27.1 Å². The summed E-state index contributed by atoms with van der Waals surface area (Å²) in [5, 5.41) is 0. The Hall–Kier alpha value is -1.71. The molecule has 4 nitrogen and oxygen atoms in total. The minimum atomic E-state index is -0.388. The van der Waals surface area contributed by atoms with Gasteiger partial charge in [0.1, 0.15) is 10.1 Å². The molecule has 0 bridgehead atoms. The van der Waals surface area contributed by atoms with Crippen molar-refractivity contribution in [3.05, 3.63) is 68.1 Å². The van der Waals surface area contributed by atoms with Crippen molar-refractivity contribution >= 4 is 68.8 Å². The summed E-state index contributed by atoms with van der Waals surface area (Å²) in [6.07, 6.45) is 7.46. The molecule has 2 aromatic carbocycles. The maximum absolute atomic E-state index is 12.9. The van der Waals surface area contributed by atoms with Crippen LogP contribution in [0.4, 0.5) is 0 Å². The average molecular weight is 549 g/mol. The normalized spacial score (nSPS) is 18.8. The minimum Gasteiger partial charge on any atom is -0.423 e. The molecular weight excluding hydrogens is 529 g/mol. The second-order valence-electron chi connectivity index (χ2n) is 7.28. The van der Waals surface area contributed by atoms with Gasteiger partial charge in [-0.3, -0.25) is 9.69 Å². The monoisotopic (exact) mass is 549 g/mol. The fraction of sp³-hybridized carbons (Fsp3) is 0.261. The number of hydrogen-bond acceptors (Lipinski definition) is 5. The number of thiocarbonyl (C=S) groups is 1. The van der Waals surface area contributed by atoms with E-state index in [-0.39, 0.29) is 17.9 Å². The van der Waals surface area contributed by atoms with Gasteiger partial charge in [0.2, 0.25) is 0 Å². The Balaban J connectivity index is 1.45. The van der Waals surface area contributed by atoms with E-state index in [1.165, 1.54) is 18.2 Å². The van der Waals surface area contributed by atoms with Crippen LogP contribution in [0.5, 0.6) is 5.75 Å². The van der Waals surface area contributed by atoms with Crippen molar-refractivity contribution in [3.63, 3.8) is 0 Å². The highest BCUT2D eigenvalue weighted by molar-refractivity contribution is 14.1. The Bertz CT molecular complexity index is 1010. The molecule has 30 heavy (non-hydrogen) atoms. The van der Waals surface area contributed by atoms with E-state index >= 15 is 0 Å². The molecule has 0 unspecified atom stereocenters. The van der Waals surface area contributed by atoms with Crippen LogP contribution in [0, 0.1) is 3.57 Å². The van der Waals surface area contributed by atoms with Crippen LogP contribution >= 0.6 is 46.6 Å². The molecule has 2 fully saturated rings. The summed E-state index contributed by atoms with van der Waals surface area (Å²) >= 11 is 8.97. The van der Waals surface area contributed by atoms with Crippen molar-refractivity contribution in [1.29, 1.82) is 0 Å². The van der Waals surface area contributed by atoms with Crippen molar-refractivity contribution in [2.75, 3.05) is 0 Å². The van der Waals surface area contributed by atoms with Crippen LogP contribution in [0.3, 0.4) is 0 Å². The van der Waals surface area contributed by atoms with Gasteiger partial charge in [0.25, 0.3) is 5.91 Å². The number of thioether (sulfide) groups is 1. The predicted octanol–water partition coefficient (Wildman–Crippen LogP) is 6.04. The van der Waals surface area contributed by atoms with Gasteiger partial charge in [-0.15, -0.1) is 0 Å². The molecule has 0 radical (unpaired) electrons. The van der Waals surface area contributed by atoms with Gasteiger partial charge in [-0.1, -0.05) is 67.5 Å². The Morgan fingerprint density at radius 2 is 1.80 bits per heavy atom. The number of nitrogens with zero attached hydrogens (tertiary/aromatic N) is 1. The van der Waals surface area contributed by atoms with E-state index in [2.05, 4.69) is 22.6 Å². The molecule has 4 rings (SSSR count). The third kappa shape index (κ3) is 4.78. The highest BCUT2D eigenvalue weighted by atomic mass is 127. The fourth-order valence-electron chi connectivity index (χ4n) is 3.71. The first kappa shape index (κ1) is 21.5. The third-order valence-corrected chi connectivity index (χ3v) is 7.52. The lowest BCUT2D eigenvalue weighted by Crippen LogP contribution is -2.39. The number of benzene rings is 2. The molecule has 1 saturated heterocycles. The van der Waals surface area contributed by atoms with E-state index in [0.717, 1.165) is 34.8 Å². The van der Waals surface area contributed by atoms with E-state index in [9.17, 15) is 9.59 Å². The molecule has 0 aromatic heterocycles. The van der Waals surface area contributed by atoms with Gasteiger partial charge in [-0.05, 0) is 71.3 Å². The van der Waals surface area contributed by atoms with Crippen molar-refractivity contribution in [2.45, 2.75) is 38.1 Å². The van der Waals surface area contributed by atoms with E-state index in [1.807, 2.05) is 41.3 Å². The lowest BCUT2D eigenvalue weighted by Gasteiger charge is -2.29. The summed E-state index contributed by atoms with van der Waals surface area (Å²) in [5.41, 5.74) is 1.40. The molecule has 2 aromatic rings. The van der Waals surface area contributed by atoms with E-state index < -0.39 is 0 Å². The Morgan fingerprint density at radius 3 is 2.50 bits per heavy atom. The van der Waals surface area contributed by atoms with Gasteiger partial charge in [0.15, 0.2) is 0 Å². The summed E-state index contributed by atoms with van der Waals surface area (Å²) in [4.78, 5) is 27.7. The molecule has 1 aliphatic heterocycles. The molecule has 2 aliphatic rings. The molecule has 1 heterocycles. The van der Waals surface area contributed by atoms with Crippen LogP contribution in [-0.2, 0) is 4.79 Å². The molecule has 1 saturated carbocycles. The summed E-state index contributed by atoms with van der Waals surface area (Å²) < 4.78 is 6.97. The molecule has 7 heteroatoms. The number of halogens is 1. The van der Waals surface area contributed by atoms with Crippen LogP contribution in [0.15, 0.2) is 53.4 Å². The van der Waals surface area contributed by atoms with Gasteiger partial charge in [0, 0.05) is 9.61 Å². The van der Waals surface area contributed by atoms with Gasteiger partial charge < -0.3 is 4.74 Å². The quantitative estimate of drug-likeness (QED) is 0.153. The molecule has 0 atom stereocenters. The first-order chi connectivity index (χ1) is 14.5. The second kappa shape index (κ2) is 9.62. The van der Waals surface area contributed by atoms with Crippen molar-refractivity contribution in [1.82, 2.24) is 4.90 Å². The first-order valence-corrected chi connectivity index (χ1v) is 12.2. The fourth-order valence-corrected chi connectivity index (χ4v) is 5.71. The molecule has 1 aliphatic carbocycles. The number of amides is 1. The highest BCUT2D eigenvalue weighted by Gasteiger charge is 2.37. The lowest BCUT2D eigenvalue weighted by molar-refractivity contribution is -0.124. The minimum absolute atomic E-state index is 0.00561. The van der Waals surface area contributed by atoms with Crippen molar-refractivity contribution in [2.24, 2.45) is 0 Å². The van der Waals surface area contributed by atoms with Crippen LogP contribution in [0.25, 0.3) is 6.08 Å². The Kier molecular flexibility index (Phi) is 6.90. The summed E-state index contributed by atoms with van der Waals surface area (Å²) in [6.45, 7) is 0. The molecule has 1 amide bonds. The largest absolute Gasteiger partial charge is 0.423 e. The number of ether oxygens (including phenoxy) is 1. The molecule has 0 N–H and O–H groups in total. The van der Waals surface area contributed by atoms with E-state index in [4.69, 9.17) is 17.0 Å². The number of hydrogen-bond donors (Lipinski definition) is 0. The SMILES string of the molecule is O=C(Oc1ccc(/C=C2/SC(=S)N(C3CCCCC3)C2=O)cc1)c1ccccc1I. The molecular formula is C23H20INO3S2. The third-order valence-electron chi connectivity index (χ3n) is 5.25. The number of esters is 1. The molecule has 0 spiro atoms. The topological polar surface area (TPSA) is 46.6 Å². The van der Waals surface area contributed by atoms with Gasteiger partial charge >= 0.3 is 5.97 Å².